The Balaban J connectivity index is 2.98. The topological polar surface area (TPSA) is 37.3 Å². The SMILES string of the molecule is CC(Cc1ccccc1)(C(=O)O)C(F)C(F)F. The van der Waals surface area contributed by atoms with Gasteiger partial charge >= 0.3 is 5.97 Å². The quantitative estimate of drug-likeness (QED) is 0.867. The molecule has 0 aromatic heterocycles. The summed E-state index contributed by atoms with van der Waals surface area (Å²) in [6.07, 6.45) is -6.27. The van der Waals surface area contributed by atoms with Gasteiger partial charge in [-0.2, -0.15) is 0 Å². The highest BCUT2D eigenvalue weighted by atomic mass is 19.3. The number of hydrogen-bond donors (Lipinski definition) is 1. The van der Waals surface area contributed by atoms with E-state index in [1.807, 2.05) is 0 Å². The molecule has 0 aliphatic carbocycles. The lowest BCUT2D eigenvalue weighted by Crippen LogP contribution is -2.43. The first-order valence-electron chi connectivity index (χ1n) is 5.07. The highest BCUT2D eigenvalue weighted by Gasteiger charge is 2.47. The van der Waals surface area contributed by atoms with E-state index in [0.29, 0.717) is 5.56 Å². The van der Waals surface area contributed by atoms with Crippen LogP contribution >= 0.6 is 0 Å². The third-order valence-corrected chi connectivity index (χ3v) is 2.73. The standard InChI is InChI=1S/C12H13F3O2/c1-12(11(16)17,9(13)10(14)15)7-8-5-3-2-4-6-8/h2-6,9-10H,7H2,1H3,(H,16,17). The van der Waals surface area contributed by atoms with Gasteiger partial charge in [-0.3, -0.25) is 4.79 Å². The number of hydrogen-bond acceptors (Lipinski definition) is 1. The molecule has 2 unspecified atom stereocenters. The molecule has 2 nitrogen and oxygen atoms in total. The van der Waals surface area contributed by atoms with Gasteiger partial charge in [0.25, 0.3) is 6.43 Å². The number of aliphatic carboxylic acids is 1. The van der Waals surface area contributed by atoms with Gasteiger partial charge in [0.1, 0.15) is 5.41 Å². The normalized spacial score (nSPS) is 16.5. The summed E-state index contributed by atoms with van der Waals surface area (Å²) in [7, 11) is 0. The Labute approximate surface area is 97.1 Å². The van der Waals surface area contributed by atoms with Crippen LogP contribution in [0.25, 0.3) is 0 Å². The lowest BCUT2D eigenvalue weighted by Gasteiger charge is -2.28. The molecule has 5 heteroatoms. The number of rotatable bonds is 5. The van der Waals surface area contributed by atoms with Gasteiger partial charge in [-0.15, -0.1) is 0 Å². The minimum absolute atomic E-state index is 0.269. The number of carboxylic acids is 1. The molecule has 17 heavy (non-hydrogen) atoms. The fourth-order valence-electron chi connectivity index (χ4n) is 1.59. The fourth-order valence-corrected chi connectivity index (χ4v) is 1.59. The van der Waals surface area contributed by atoms with Crippen molar-refractivity contribution in [3.05, 3.63) is 35.9 Å². The summed E-state index contributed by atoms with van der Waals surface area (Å²) in [6, 6.07) is 8.17. The summed E-state index contributed by atoms with van der Waals surface area (Å²) < 4.78 is 38.1. The Morgan fingerprint density at radius 1 is 1.29 bits per heavy atom. The van der Waals surface area contributed by atoms with Crippen LogP contribution in [-0.2, 0) is 11.2 Å². The van der Waals surface area contributed by atoms with E-state index >= 15 is 0 Å². The molecule has 0 saturated heterocycles. The smallest absolute Gasteiger partial charge is 0.312 e. The van der Waals surface area contributed by atoms with Crippen LogP contribution in [-0.4, -0.2) is 23.7 Å². The predicted molar refractivity (Wildman–Crippen MR) is 56.8 cm³/mol. The second kappa shape index (κ2) is 5.21. The molecule has 1 aromatic rings. The van der Waals surface area contributed by atoms with Crippen LogP contribution in [0.1, 0.15) is 12.5 Å². The molecule has 0 radical (unpaired) electrons. The van der Waals surface area contributed by atoms with Crippen molar-refractivity contribution in [3.8, 4) is 0 Å². The van der Waals surface area contributed by atoms with Crippen molar-refractivity contribution in [3.63, 3.8) is 0 Å². The molecule has 1 rings (SSSR count). The zero-order valence-electron chi connectivity index (χ0n) is 9.24. The first kappa shape index (κ1) is 13.5. The maximum absolute atomic E-state index is 13.4. The zero-order chi connectivity index (χ0) is 13.1. The number of halogens is 3. The monoisotopic (exact) mass is 246 g/mol. The van der Waals surface area contributed by atoms with Gasteiger partial charge in [-0.05, 0) is 18.9 Å². The number of carbonyl (C=O) groups is 1. The minimum atomic E-state index is -3.31. The molecule has 0 saturated carbocycles. The molecule has 2 atom stereocenters. The van der Waals surface area contributed by atoms with E-state index in [-0.39, 0.29) is 6.42 Å². The first-order chi connectivity index (χ1) is 7.88. The highest BCUT2D eigenvalue weighted by Crippen LogP contribution is 2.33. The van der Waals surface area contributed by atoms with Gasteiger partial charge in [0.05, 0.1) is 0 Å². The van der Waals surface area contributed by atoms with Gasteiger partial charge < -0.3 is 5.11 Å². The van der Waals surface area contributed by atoms with Crippen molar-refractivity contribution in [2.24, 2.45) is 5.41 Å². The van der Waals surface area contributed by atoms with Crippen molar-refractivity contribution in [1.82, 2.24) is 0 Å². The van der Waals surface area contributed by atoms with Gasteiger partial charge in [-0.1, -0.05) is 30.3 Å². The summed E-state index contributed by atoms with van der Waals surface area (Å²) in [6.45, 7) is 0.999. The maximum Gasteiger partial charge on any atom is 0.312 e. The van der Waals surface area contributed by atoms with Gasteiger partial charge in [-0.25, -0.2) is 13.2 Å². The molecule has 0 heterocycles. The summed E-state index contributed by atoms with van der Waals surface area (Å²) in [5.41, 5.74) is -1.60. The number of benzene rings is 1. The van der Waals surface area contributed by atoms with Gasteiger partial charge in [0.15, 0.2) is 6.17 Å². The number of alkyl halides is 3. The second-order valence-electron chi connectivity index (χ2n) is 4.12. The average molecular weight is 246 g/mol. The first-order valence-corrected chi connectivity index (χ1v) is 5.07. The Morgan fingerprint density at radius 2 is 1.82 bits per heavy atom. The lowest BCUT2D eigenvalue weighted by molar-refractivity contribution is -0.157. The number of carboxylic acid groups (broad SMARTS) is 1. The van der Waals surface area contributed by atoms with Gasteiger partial charge in [0.2, 0.25) is 0 Å². The van der Waals surface area contributed by atoms with E-state index in [1.54, 1.807) is 30.3 Å². The molecule has 0 spiro atoms. The largest absolute Gasteiger partial charge is 0.481 e. The Hall–Kier alpha value is -1.52. The van der Waals surface area contributed by atoms with E-state index in [0.717, 1.165) is 6.92 Å². The van der Waals surface area contributed by atoms with Crippen molar-refractivity contribution < 1.29 is 23.1 Å². The lowest BCUT2D eigenvalue weighted by atomic mass is 9.79. The third kappa shape index (κ3) is 2.99. The van der Waals surface area contributed by atoms with E-state index in [4.69, 9.17) is 5.11 Å². The van der Waals surface area contributed by atoms with Crippen molar-refractivity contribution >= 4 is 5.97 Å². The van der Waals surface area contributed by atoms with Crippen molar-refractivity contribution in [1.29, 1.82) is 0 Å². The summed E-state index contributed by atoms with van der Waals surface area (Å²) in [4.78, 5) is 11.0. The molecule has 0 fully saturated rings. The fraction of sp³-hybridized carbons (Fsp3) is 0.417. The maximum atomic E-state index is 13.4. The zero-order valence-corrected chi connectivity index (χ0v) is 9.24. The Kier molecular flexibility index (Phi) is 4.15. The highest BCUT2D eigenvalue weighted by molar-refractivity contribution is 5.75. The molecule has 94 valence electrons. The molecule has 1 aromatic carbocycles. The van der Waals surface area contributed by atoms with Crippen LogP contribution in [0.2, 0.25) is 0 Å². The average Bonchev–Trinajstić information content (AvgIpc) is 2.28. The third-order valence-electron chi connectivity index (χ3n) is 2.73. The molecule has 0 aliphatic rings. The molecular formula is C12H13F3O2. The van der Waals surface area contributed by atoms with Crippen LogP contribution in [0.4, 0.5) is 13.2 Å². The van der Waals surface area contributed by atoms with Crippen LogP contribution in [0.3, 0.4) is 0 Å². The van der Waals surface area contributed by atoms with Crippen molar-refractivity contribution in [2.75, 3.05) is 0 Å². The second-order valence-corrected chi connectivity index (χ2v) is 4.12. The van der Waals surface area contributed by atoms with E-state index < -0.39 is 24.0 Å². The van der Waals surface area contributed by atoms with Crippen LogP contribution < -0.4 is 0 Å². The van der Waals surface area contributed by atoms with E-state index in [9.17, 15) is 18.0 Å². The molecule has 0 amide bonds. The summed E-state index contributed by atoms with van der Waals surface area (Å²) >= 11 is 0. The Bertz CT molecular complexity index is 381. The molecule has 0 aliphatic heterocycles. The minimum Gasteiger partial charge on any atom is -0.481 e. The predicted octanol–water partition coefficient (Wildman–Crippen LogP) is 2.92. The molecular weight excluding hydrogens is 233 g/mol. The molecule has 1 N–H and O–H groups in total. The van der Waals surface area contributed by atoms with E-state index in [1.165, 1.54) is 0 Å². The van der Waals surface area contributed by atoms with Crippen LogP contribution in [0.15, 0.2) is 30.3 Å². The summed E-state index contributed by atoms with van der Waals surface area (Å²) in [5, 5.41) is 8.94. The van der Waals surface area contributed by atoms with E-state index in [2.05, 4.69) is 0 Å². The van der Waals surface area contributed by atoms with Crippen molar-refractivity contribution in [2.45, 2.75) is 25.9 Å². The van der Waals surface area contributed by atoms with Gasteiger partial charge in [0, 0.05) is 0 Å². The Morgan fingerprint density at radius 3 is 2.24 bits per heavy atom. The van der Waals surface area contributed by atoms with Crippen LogP contribution in [0.5, 0.6) is 0 Å². The van der Waals surface area contributed by atoms with Crippen LogP contribution in [0, 0.1) is 5.41 Å². The molecule has 0 bridgehead atoms. The summed E-state index contributed by atoms with van der Waals surface area (Å²) in [5.74, 6) is -1.56.